The fraction of sp³-hybridized carbons (Fsp3) is 0.400. The molecule has 0 atom stereocenters. The van der Waals surface area contributed by atoms with E-state index in [0.717, 1.165) is 4.92 Å². The van der Waals surface area contributed by atoms with Gasteiger partial charge in [0.1, 0.15) is 0 Å². The van der Waals surface area contributed by atoms with E-state index in [9.17, 15) is 9.59 Å². The van der Waals surface area contributed by atoms with E-state index < -0.39 is 5.78 Å². The van der Waals surface area contributed by atoms with Gasteiger partial charge in [-0.05, 0) is 0 Å². The van der Waals surface area contributed by atoms with Crippen molar-refractivity contribution in [2.24, 2.45) is 0 Å². The van der Waals surface area contributed by atoms with Gasteiger partial charge < -0.3 is 0 Å². The van der Waals surface area contributed by atoms with Crippen molar-refractivity contribution in [2.75, 3.05) is 0 Å². The Morgan fingerprint density at radius 2 is 2.12 bits per heavy atom. The van der Waals surface area contributed by atoms with Crippen LogP contribution in [0.5, 0.6) is 0 Å². The number of hydrogen-bond donors (Lipinski definition) is 0. The summed E-state index contributed by atoms with van der Waals surface area (Å²) in [4.78, 5) is 21.6. The van der Waals surface area contributed by atoms with Crippen molar-refractivity contribution < 1.29 is 25.2 Å². The van der Waals surface area contributed by atoms with E-state index in [0.29, 0.717) is 0 Å². The second-order valence-corrected chi connectivity index (χ2v) is 1.56. The molecule has 2 nitrogen and oxygen atoms in total. The van der Waals surface area contributed by atoms with Crippen molar-refractivity contribution in [3.05, 3.63) is 0 Å². The molecule has 0 rings (SSSR count). The molecule has 46 valence electrons. The molecule has 0 amide bonds. The summed E-state index contributed by atoms with van der Waals surface area (Å²) in [6, 6.07) is 0. The molecule has 0 saturated carbocycles. The van der Waals surface area contributed by atoms with Gasteiger partial charge in [-0.25, -0.2) is 0 Å². The Hall–Kier alpha value is -0.271. The molecule has 3 heteroatoms. The van der Waals surface area contributed by atoms with Crippen molar-refractivity contribution in [3.8, 4) is 0 Å². The van der Waals surface area contributed by atoms with E-state index in [1.807, 2.05) is 0 Å². The molecule has 0 unspecified atom stereocenters. The molecule has 0 aliphatic heterocycles. The van der Waals surface area contributed by atoms with Gasteiger partial charge in [0.25, 0.3) is 0 Å². The van der Waals surface area contributed by atoms with Crippen LogP contribution < -0.4 is 0 Å². The fourth-order valence-electron chi connectivity index (χ4n) is 0.231. The van der Waals surface area contributed by atoms with Gasteiger partial charge in [0.15, 0.2) is 0 Å². The van der Waals surface area contributed by atoms with Crippen LogP contribution in [0, 0.1) is 0 Å². The summed E-state index contributed by atoms with van der Waals surface area (Å²) in [6.07, 6.45) is 0.269. The number of hydrogen-bond acceptors (Lipinski definition) is 2. The van der Waals surface area contributed by atoms with Crippen LogP contribution in [-0.4, -0.2) is 16.5 Å². The van der Waals surface area contributed by atoms with Crippen LogP contribution in [0.1, 0.15) is 13.3 Å². The average Bonchev–Trinajstić information content (AvgIpc) is 1.84. The first-order chi connectivity index (χ1) is 3.72. The molecule has 0 saturated heterocycles. The first kappa shape index (κ1) is 7.73. The predicted octanol–water partition coefficient (Wildman–Crippen LogP) is -0.116. The van der Waals surface area contributed by atoms with Gasteiger partial charge in [-0.1, -0.05) is 0 Å². The molecule has 0 aromatic carbocycles. The molecule has 0 heterocycles. The molecule has 0 bridgehead atoms. The quantitative estimate of drug-likeness (QED) is 0.419. The predicted molar refractivity (Wildman–Crippen MR) is 26.4 cm³/mol. The molecule has 0 N–H and O–H groups in total. The summed E-state index contributed by atoms with van der Waals surface area (Å²) in [5.74, 6) is -0.868. The Morgan fingerprint density at radius 3 is 2.25 bits per heavy atom. The monoisotopic (exact) mass is 154 g/mol. The zero-order valence-corrected chi connectivity index (χ0v) is 5.56. The van der Waals surface area contributed by atoms with Crippen LogP contribution in [0.25, 0.3) is 0 Å². The molecular weight excluding hydrogens is 148 g/mol. The summed E-state index contributed by atoms with van der Waals surface area (Å²) in [5, 5.41) is 0. The summed E-state index contributed by atoms with van der Waals surface area (Å²) < 4.78 is 0. The maximum atomic E-state index is 10.3. The van der Waals surface area contributed by atoms with Gasteiger partial charge in [0, 0.05) is 0 Å². The second kappa shape index (κ2) is 3.70. The average molecular weight is 154 g/mol. The maximum absolute atomic E-state index is 10.3. The van der Waals surface area contributed by atoms with Crippen molar-refractivity contribution in [1.29, 1.82) is 0 Å². The number of rotatable bonds is 3. The molecule has 0 aromatic rings. The molecule has 0 fully saturated rings. The molecule has 8 heavy (non-hydrogen) atoms. The van der Waals surface area contributed by atoms with Crippen LogP contribution in [0.4, 0.5) is 0 Å². The van der Waals surface area contributed by atoms with E-state index in [1.54, 1.807) is 6.92 Å². The molecular formula is C5H6FeO2. The number of carbonyl (C=O) groups is 2. The van der Waals surface area contributed by atoms with E-state index in [-0.39, 0.29) is 12.2 Å². The Morgan fingerprint density at radius 1 is 1.62 bits per heavy atom. The van der Waals surface area contributed by atoms with E-state index in [2.05, 4.69) is 15.6 Å². The topological polar surface area (TPSA) is 34.1 Å². The third-order valence-corrected chi connectivity index (χ3v) is 0.978. The zero-order valence-electron chi connectivity index (χ0n) is 4.45. The number of Topliss-reactive ketones (excluding diaryl/α,β-unsaturated/α-hetero) is 2. The molecule has 0 spiro atoms. The Labute approximate surface area is 55.6 Å². The van der Waals surface area contributed by atoms with Gasteiger partial charge in [0.2, 0.25) is 0 Å². The Kier molecular flexibility index (Phi) is 3.57. The van der Waals surface area contributed by atoms with Crippen molar-refractivity contribution in [2.45, 2.75) is 13.3 Å². The standard InChI is InChI=1S/C5H6O2.Fe/c1-3-5(7)4(2)6;/h2H,3H2,1H3;. The number of carbonyl (C=O) groups excluding carboxylic acids is 2. The normalized spacial score (nSPS) is 8.25. The van der Waals surface area contributed by atoms with E-state index in [1.165, 1.54) is 0 Å². The molecule has 0 aliphatic rings. The third-order valence-electron chi connectivity index (χ3n) is 0.689. The van der Waals surface area contributed by atoms with Gasteiger partial charge in [-0.3, -0.25) is 0 Å². The summed E-state index contributed by atoms with van der Waals surface area (Å²) in [7, 11) is 0. The zero-order chi connectivity index (χ0) is 6.57. The molecule has 0 radical (unpaired) electrons. The van der Waals surface area contributed by atoms with E-state index >= 15 is 0 Å². The summed E-state index contributed by atoms with van der Waals surface area (Å²) in [5.41, 5.74) is 0. The van der Waals surface area contributed by atoms with Gasteiger partial charge >= 0.3 is 55.0 Å². The molecule has 0 aromatic heterocycles. The SMILES string of the molecule is CCC(=O)C(=O)[CH]=[Fe]. The first-order valence-corrected chi connectivity index (χ1v) is 2.85. The van der Waals surface area contributed by atoms with Crippen LogP contribution in [0.3, 0.4) is 0 Å². The Balaban J connectivity index is 3.82. The van der Waals surface area contributed by atoms with Crippen LogP contribution >= 0.6 is 0 Å². The second-order valence-electron chi connectivity index (χ2n) is 1.24. The van der Waals surface area contributed by atoms with Crippen LogP contribution in [0.2, 0.25) is 0 Å². The summed E-state index contributed by atoms with van der Waals surface area (Å²) >= 11 is 3.16. The molecule has 0 aliphatic carbocycles. The fourth-order valence-corrected chi connectivity index (χ4v) is 0.409. The summed E-state index contributed by atoms with van der Waals surface area (Å²) in [6.45, 7) is 1.64. The van der Waals surface area contributed by atoms with E-state index in [4.69, 9.17) is 0 Å². The van der Waals surface area contributed by atoms with Gasteiger partial charge in [-0.2, -0.15) is 0 Å². The van der Waals surface area contributed by atoms with Crippen molar-refractivity contribution in [1.82, 2.24) is 0 Å². The van der Waals surface area contributed by atoms with Crippen molar-refractivity contribution in [3.63, 3.8) is 0 Å². The van der Waals surface area contributed by atoms with Crippen LogP contribution in [-0.2, 0) is 25.2 Å². The van der Waals surface area contributed by atoms with Gasteiger partial charge in [-0.15, -0.1) is 0 Å². The third kappa shape index (κ3) is 2.15. The first-order valence-electron chi connectivity index (χ1n) is 2.21. The minimum atomic E-state index is -0.493. The van der Waals surface area contributed by atoms with Crippen LogP contribution in [0.15, 0.2) is 0 Å². The van der Waals surface area contributed by atoms with Gasteiger partial charge in [0.05, 0.1) is 0 Å². The number of ketones is 2. The Bertz CT molecular complexity index is 128. The minimum absolute atomic E-state index is 0.269. The van der Waals surface area contributed by atoms with Crippen molar-refractivity contribution >= 4 is 16.5 Å².